The molecule has 0 aromatic heterocycles. The summed E-state index contributed by atoms with van der Waals surface area (Å²) < 4.78 is 0. The summed E-state index contributed by atoms with van der Waals surface area (Å²) in [6.45, 7) is 7.56. The summed E-state index contributed by atoms with van der Waals surface area (Å²) in [5.41, 5.74) is 3.15. The minimum atomic E-state index is -2.67. The van der Waals surface area contributed by atoms with Crippen molar-refractivity contribution in [1.29, 1.82) is 0 Å². The topological polar surface area (TPSA) is 165 Å². The quantitative estimate of drug-likeness (QED) is 0.308. The lowest BCUT2D eigenvalue weighted by Crippen LogP contribution is -2.63. The molecule has 0 saturated heterocycles. The number of aromatic hydroxyl groups is 1. The molecule has 2 saturated carbocycles. The van der Waals surface area contributed by atoms with E-state index in [-0.39, 0.29) is 40.6 Å². The number of phenolic OH excluding ortho intramolecular Hbond substituents is 1. The molecule has 238 valence electrons. The number of Topliss-reactive ketones (excluding diaryl/α,β-unsaturated/α-hetero) is 2. The number of rotatable bonds is 5. The normalized spacial score (nSPS) is 35.8. The third kappa shape index (κ3) is 3.80. The van der Waals surface area contributed by atoms with Crippen molar-refractivity contribution in [2.75, 3.05) is 21.1 Å². The molecule has 5 aliphatic rings. The number of phenols is 1. The number of nitrogens with two attached hydrogens (primary N) is 1. The molecule has 1 amide bonds. The van der Waals surface area contributed by atoms with Crippen LogP contribution in [0.25, 0.3) is 0 Å². The van der Waals surface area contributed by atoms with Crippen LogP contribution < -0.4 is 5.73 Å². The van der Waals surface area contributed by atoms with Gasteiger partial charge in [-0.2, -0.15) is 0 Å². The van der Waals surface area contributed by atoms with Crippen molar-refractivity contribution in [1.82, 2.24) is 9.80 Å². The number of benzene rings is 1. The number of hydrogen-bond donors (Lipinski definition) is 5. The lowest BCUT2D eigenvalue weighted by atomic mass is 9.58. The van der Waals surface area contributed by atoms with Crippen molar-refractivity contribution < 1.29 is 34.8 Å². The second-order valence-electron chi connectivity index (χ2n) is 14.7. The maximum atomic E-state index is 14.0. The van der Waals surface area contributed by atoms with E-state index in [0.717, 1.165) is 12.8 Å². The van der Waals surface area contributed by atoms with Gasteiger partial charge < -0.3 is 26.2 Å². The summed E-state index contributed by atoms with van der Waals surface area (Å²) in [5, 5.41) is 45.8. The molecule has 0 spiro atoms. The van der Waals surface area contributed by atoms with E-state index in [2.05, 4.69) is 32.7 Å². The van der Waals surface area contributed by atoms with Gasteiger partial charge in [-0.25, -0.2) is 0 Å². The molecule has 7 atom stereocenters. The fourth-order valence-electron chi connectivity index (χ4n) is 9.68. The molecule has 2 bridgehead atoms. The van der Waals surface area contributed by atoms with Crippen molar-refractivity contribution >= 4 is 29.1 Å². The van der Waals surface area contributed by atoms with Crippen molar-refractivity contribution in [3.8, 4) is 5.75 Å². The highest BCUT2D eigenvalue weighted by Gasteiger charge is 2.64. The highest BCUT2D eigenvalue weighted by molar-refractivity contribution is 6.33. The molecular weight excluding hydrogens is 586 g/mol. The first-order valence-electron chi connectivity index (χ1n) is 15.3. The number of carbonyl (C=O) groups excluding carboxylic acids is 3. The zero-order valence-corrected chi connectivity index (χ0v) is 26.8. The van der Waals surface area contributed by atoms with Gasteiger partial charge in [0.2, 0.25) is 5.78 Å². The Morgan fingerprint density at radius 2 is 1.77 bits per heavy atom. The summed E-state index contributed by atoms with van der Waals surface area (Å²) >= 11 is 7.02. The molecule has 0 heterocycles. The van der Waals surface area contributed by atoms with Gasteiger partial charge in [-0.1, -0.05) is 32.4 Å². The van der Waals surface area contributed by atoms with Crippen LogP contribution in [-0.4, -0.2) is 86.5 Å². The molecule has 1 aromatic rings. The van der Waals surface area contributed by atoms with Crippen LogP contribution in [0.2, 0.25) is 5.02 Å². The van der Waals surface area contributed by atoms with Gasteiger partial charge in [0, 0.05) is 29.1 Å². The van der Waals surface area contributed by atoms with E-state index in [4.69, 9.17) is 17.3 Å². The van der Waals surface area contributed by atoms with Crippen LogP contribution in [0.5, 0.6) is 5.75 Å². The number of ketones is 2. The standard InChI is InChI=1S/C33H42ClN3O7/c1-31(2)16-7-8-32(31,3)20(12-16)37(6)13-15-11-19(38)22-17(24(15)34)9-14-10-18-25(36(4)5)27(40)23(30(35)43)29(42)33(18,44)28(41)21(14)26(22)39/h11,14,16,18,20,25,38,40-41,44H,7-10,12-13H2,1-6H3,(H2,35,43)/t14-,16?,18-,20-,25-,32?,33-/m0/s1. The molecule has 0 radical (unpaired) electrons. The van der Waals surface area contributed by atoms with Gasteiger partial charge in [0.1, 0.15) is 22.8 Å². The molecule has 44 heavy (non-hydrogen) atoms. The van der Waals surface area contributed by atoms with Gasteiger partial charge in [0.25, 0.3) is 5.91 Å². The molecular formula is C33H42ClN3O7. The average molecular weight is 628 g/mol. The van der Waals surface area contributed by atoms with E-state index >= 15 is 0 Å². The van der Waals surface area contributed by atoms with Crippen molar-refractivity contribution in [3.05, 3.63) is 50.4 Å². The van der Waals surface area contributed by atoms with Crippen LogP contribution in [-0.2, 0) is 22.6 Å². The molecule has 2 fully saturated rings. The molecule has 11 heteroatoms. The average Bonchev–Trinajstić information content (AvgIpc) is 3.27. The summed E-state index contributed by atoms with van der Waals surface area (Å²) in [4.78, 5) is 43.4. The van der Waals surface area contributed by atoms with Gasteiger partial charge >= 0.3 is 0 Å². The molecule has 0 aliphatic heterocycles. The zero-order valence-electron chi connectivity index (χ0n) is 26.1. The van der Waals surface area contributed by atoms with E-state index in [1.807, 2.05) is 0 Å². The molecule has 1 aromatic carbocycles. The Morgan fingerprint density at radius 3 is 2.32 bits per heavy atom. The minimum Gasteiger partial charge on any atom is -0.510 e. The van der Waals surface area contributed by atoms with E-state index in [1.54, 1.807) is 14.1 Å². The highest BCUT2D eigenvalue weighted by Crippen LogP contribution is 2.66. The van der Waals surface area contributed by atoms with Gasteiger partial charge in [-0.15, -0.1) is 0 Å². The number of amides is 1. The monoisotopic (exact) mass is 627 g/mol. The van der Waals surface area contributed by atoms with Gasteiger partial charge in [-0.3, -0.25) is 24.2 Å². The van der Waals surface area contributed by atoms with Crippen LogP contribution in [0, 0.1) is 28.6 Å². The van der Waals surface area contributed by atoms with Crippen LogP contribution >= 0.6 is 11.6 Å². The fraction of sp³-hybridized carbons (Fsp3) is 0.606. The SMILES string of the molecule is CN(C)[C@@H]1C(O)=C(C(N)=O)C(=O)[C@@]2(O)C(O)=C3C(=O)c4c(O)cc(CN(C)[C@H]5CC6CCC5(C)C6(C)C)c(Cl)c4C[C@H]3C[C@@H]12. The highest BCUT2D eigenvalue weighted by atomic mass is 35.5. The zero-order chi connectivity index (χ0) is 32.4. The number of carbonyl (C=O) groups is 3. The maximum Gasteiger partial charge on any atom is 0.255 e. The Balaban J connectivity index is 1.39. The first-order valence-corrected chi connectivity index (χ1v) is 15.7. The Hall–Kier alpha value is -2.92. The smallest absolute Gasteiger partial charge is 0.255 e. The summed E-state index contributed by atoms with van der Waals surface area (Å²) in [5.74, 6) is -6.13. The predicted molar refractivity (Wildman–Crippen MR) is 163 cm³/mol. The molecule has 6 N–H and O–H groups in total. The number of fused-ring (bicyclic) bond motifs is 5. The van der Waals surface area contributed by atoms with Crippen LogP contribution in [0.1, 0.15) is 67.9 Å². The number of nitrogens with zero attached hydrogens (tertiary/aromatic N) is 2. The van der Waals surface area contributed by atoms with Crippen molar-refractivity contribution in [2.45, 2.75) is 77.1 Å². The molecule has 10 nitrogen and oxygen atoms in total. The van der Waals surface area contributed by atoms with E-state index in [9.17, 15) is 34.8 Å². The van der Waals surface area contributed by atoms with E-state index < -0.39 is 58.0 Å². The third-order valence-corrected chi connectivity index (χ3v) is 12.9. The van der Waals surface area contributed by atoms with Crippen molar-refractivity contribution in [2.24, 2.45) is 34.3 Å². The summed E-state index contributed by atoms with van der Waals surface area (Å²) in [6, 6.07) is 0.790. The van der Waals surface area contributed by atoms with E-state index in [1.165, 1.54) is 17.4 Å². The number of likely N-dealkylation sites (N-methyl/N-ethyl adjacent to an activating group) is 1. The number of hydrogen-bond acceptors (Lipinski definition) is 9. The first kappa shape index (κ1) is 31.1. The molecule has 6 rings (SSSR count). The number of allylic oxidation sites excluding steroid dienone is 1. The number of primary amides is 1. The number of aliphatic hydroxyl groups is 3. The van der Waals surface area contributed by atoms with Gasteiger partial charge in [-0.05, 0) is 93.1 Å². The third-order valence-electron chi connectivity index (χ3n) is 12.4. The van der Waals surface area contributed by atoms with Crippen LogP contribution in [0.15, 0.2) is 28.7 Å². The Kier molecular flexibility index (Phi) is 6.91. The Labute approximate surface area is 262 Å². The Morgan fingerprint density at radius 1 is 1.11 bits per heavy atom. The maximum absolute atomic E-state index is 14.0. The predicted octanol–water partition coefficient (Wildman–Crippen LogP) is 3.42. The fourth-order valence-corrected chi connectivity index (χ4v) is 9.96. The second-order valence-corrected chi connectivity index (χ2v) is 15.1. The number of aliphatic hydroxyl groups excluding tert-OH is 2. The summed E-state index contributed by atoms with van der Waals surface area (Å²) in [7, 11) is 5.28. The summed E-state index contributed by atoms with van der Waals surface area (Å²) in [6.07, 6.45) is 3.66. The van der Waals surface area contributed by atoms with Crippen LogP contribution in [0.4, 0.5) is 0 Å². The molecule has 2 unspecified atom stereocenters. The van der Waals surface area contributed by atoms with Crippen molar-refractivity contribution in [3.63, 3.8) is 0 Å². The van der Waals surface area contributed by atoms with Gasteiger partial charge in [0.05, 0.1) is 11.6 Å². The van der Waals surface area contributed by atoms with Gasteiger partial charge in [0.15, 0.2) is 11.4 Å². The lowest BCUT2D eigenvalue weighted by molar-refractivity contribution is -0.148. The molecule has 5 aliphatic carbocycles. The minimum absolute atomic E-state index is 0.0177. The largest absolute Gasteiger partial charge is 0.510 e. The second kappa shape index (κ2) is 9.79. The van der Waals surface area contributed by atoms with E-state index in [0.29, 0.717) is 34.7 Å². The lowest BCUT2D eigenvalue weighted by Gasteiger charge is -2.50. The number of halogens is 1. The first-order chi connectivity index (χ1) is 20.4. The van der Waals surface area contributed by atoms with Crippen LogP contribution in [0.3, 0.4) is 0 Å². The Bertz CT molecular complexity index is 1580.